The maximum Gasteiger partial charge on any atom is 0.142 e. The highest BCUT2D eigenvalue weighted by molar-refractivity contribution is 6.36. The largest absolute Gasteiger partial charge is 0.353 e. The lowest BCUT2D eigenvalue weighted by molar-refractivity contribution is 0.468. The fourth-order valence-electron chi connectivity index (χ4n) is 4.77. The molecule has 28 heavy (non-hydrogen) atoms. The highest BCUT2D eigenvalue weighted by atomic mass is 35.5. The molecule has 0 saturated heterocycles. The van der Waals surface area contributed by atoms with Crippen LogP contribution in [0.5, 0.6) is 0 Å². The molecule has 4 nitrogen and oxygen atoms in total. The topological polar surface area (TPSA) is 32.3 Å². The van der Waals surface area contributed by atoms with E-state index in [9.17, 15) is 0 Å². The van der Waals surface area contributed by atoms with Gasteiger partial charge in [-0.1, -0.05) is 49.9 Å². The van der Waals surface area contributed by atoms with Gasteiger partial charge in [0.25, 0.3) is 0 Å². The van der Waals surface area contributed by atoms with Crippen LogP contribution in [-0.4, -0.2) is 29.1 Å². The summed E-state index contributed by atoms with van der Waals surface area (Å²) >= 11 is 12.7. The van der Waals surface area contributed by atoms with Crippen LogP contribution in [0.25, 0.3) is 0 Å². The van der Waals surface area contributed by atoms with Crippen molar-refractivity contribution in [2.75, 3.05) is 22.9 Å². The van der Waals surface area contributed by atoms with E-state index in [1.54, 1.807) is 0 Å². The SMILES string of the molecule is CCCC(CCC)N1CCC2CN(c3ccc(Cl)cc3Cl)c3nc(C)nc1c32. The zero-order chi connectivity index (χ0) is 19.8. The summed E-state index contributed by atoms with van der Waals surface area (Å²) in [7, 11) is 0. The van der Waals surface area contributed by atoms with Gasteiger partial charge < -0.3 is 9.80 Å². The second-order valence-electron chi connectivity index (χ2n) is 7.95. The predicted octanol–water partition coefficient (Wildman–Crippen LogP) is 6.51. The number of hydrogen-bond donors (Lipinski definition) is 0. The van der Waals surface area contributed by atoms with Gasteiger partial charge in [-0.2, -0.15) is 0 Å². The molecule has 3 heterocycles. The normalized spacial score (nSPS) is 18.1. The number of benzene rings is 1. The average Bonchev–Trinajstić information content (AvgIpc) is 3.01. The number of aryl methyl sites for hydroxylation is 1. The maximum atomic E-state index is 6.54. The number of aromatic nitrogens is 2. The molecule has 150 valence electrons. The minimum Gasteiger partial charge on any atom is -0.353 e. The fourth-order valence-corrected chi connectivity index (χ4v) is 5.28. The molecule has 1 atom stereocenters. The molecule has 0 aliphatic carbocycles. The second kappa shape index (κ2) is 8.08. The standard InChI is InChI=1S/C22H28Cl2N4/c1-4-6-17(7-5-2)27-11-10-15-13-28(19-9-8-16(23)12-18(19)24)22-20(15)21(27)25-14(3)26-22/h8-9,12,15,17H,4-7,10-11,13H2,1-3H3. The van der Waals surface area contributed by atoms with E-state index in [2.05, 4.69) is 23.6 Å². The Morgan fingerprint density at radius 1 is 1.11 bits per heavy atom. The summed E-state index contributed by atoms with van der Waals surface area (Å²) in [4.78, 5) is 14.6. The quantitative estimate of drug-likeness (QED) is 0.535. The first-order valence-electron chi connectivity index (χ1n) is 10.4. The van der Waals surface area contributed by atoms with Crippen molar-refractivity contribution in [1.29, 1.82) is 0 Å². The Labute approximate surface area is 177 Å². The smallest absolute Gasteiger partial charge is 0.142 e. The molecule has 0 N–H and O–H groups in total. The van der Waals surface area contributed by atoms with Crippen LogP contribution < -0.4 is 9.80 Å². The Morgan fingerprint density at radius 3 is 2.50 bits per heavy atom. The summed E-state index contributed by atoms with van der Waals surface area (Å²) in [6.07, 6.45) is 5.96. The van der Waals surface area contributed by atoms with E-state index >= 15 is 0 Å². The zero-order valence-electron chi connectivity index (χ0n) is 16.9. The first-order valence-corrected chi connectivity index (χ1v) is 11.2. The number of hydrogen-bond acceptors (Lipinski definition) is 4. The lowest BCUT2D eigenvalue weighted by Crippen LogP contribution is -2.40. The first-order chi connectivity index (χ1) is 13.5. The Kier molecular flexibility index (Phi) is 5.71. The molecule has 0 amide bonds. The van der Waals surface area contributed by atoms with Crippen molar-refractivity contribution in [3.05, 3.63) is 39.6 Å². The van der Waals surface area contributed by atoms with Crippen molar-refractivity contribution in [1.82, 2.24) is 9.97 Å². The average molecular weight is 419 g/mol. The van der Waals surface area contributed by atoms with Gasteiger partial charge in [-0.05, 0) is 44.4 Å². The van der Waals surface area contributed by atoms with Crippen molar-refractivity contribution >= 4 is 40.5 Å². The molecule has 0 bridgehead atoms. The van der Waals surface area contributed by atoms with Crippen LogP contribution in [0.2, 0.25) is 10.0 Å². The van der Waals surface area contributed by atoms with Gasteiger partial charge in [0.15, 0.2) is 0 Å². The summed E-state index contributed by atoms with van der Waals surface area (Å²) in [6.45, 7) is 8.51. The summed E-state index contributed by atoms with van der Waals surface area (Å²) in [6, 6.07) is 6.27. The lowest BCUT2D eigenvalue weighted by atomic mass is 9.92. The summed E-state index contributed by atoms with van der Waals surface area (Å²) in [5, 5.41) is 1.32. The number of nitrogens with zero attached hydrogens (tertiary/aromatic N) is 4. The molecule has 4 rings (SSSR count). The van der Waals surface area contributed by atoms with Gasteiger partial charge >= 0.3 is 0 Å². The molecule has 6 heteroatoms. The summed E-state index contributed by atoms with van der Waals surface area (Å²) < 4.78 is 0. The van der Waals surface area contributed by atoms with E-state index in [1.807, 2.05) is 25.1 Å². The first kappa shape index (κ1) is 19.8. The van der Waals surface area contributed by atoms with E-state index in [4.69, 9.17) is 33.2 Å². The fraction of sp³-hybridized carbons (Fsp3) is 0.545. The second-order valence-corrected chi connectivity index (χ2v) is 8.79. The van der Waals surface area contributed by atoms with E-state index in [0.717, 1.165) is 42.7 Å². The molecule has 2 aliphatic rings. The van der Waals surface area contributed by atoms with Crippen LogP contribution in [0, 0.1) is 6.92 Å². The van der Waals surface area contributed by atoms with Crippen LogP contribution in [0.15, 0.2) is 18.2 Å². The molecule has 2 aromatic rings. The van der Waals surface area contributed by atoms with Crippen molar-refractivity contribution in [3.8, 4) is 0 Å². The van der Waals surface area contributed by atoms with Gasteiger partial charge in [0.05, 0.1) is 10.7 Å². The summed E-state index contributed by atoms with van der Waals surface area (Å²) in [5.74, 6) is 3.45. The van der Waals surface area contributed by atoms with E-state index in [-0.39, 0.29) is 0 Å². The van der Waals surface area contributed by atoms with Crippen molar-refractivity contribution < 1.29 is 0 Å². The van der Waals surface area contributed by atoms with E-state index in [1.165, 1.54) is 31.2 Å². The van der Waals surface area contributed by atoms with Crippen LogP contribution in [0.1, 0.15) is 63.3 Å². The third-order valence-electron chi connectivity index (χ3n) is 5.96. The minimum atomic E-state index is 0.456. The molecular weight excluding hydrogens is 391 g/mol. The molecular formula is C22H28Cl2N4. The molecule has 1 unspecified atom stereocenters. The highest BCUT2D eigenvalue weighted by Crippen LogP contribution is 2.49. The van der Waals surface area contributed by atoms with Gasteiger partial charge in [0.2, 0.25) is 0 Å². The molecule has 2 aliphatic heterocycles. The Balaban J connectivity index is 1.79. The molecule has 1 aromatic heterocycles. The summed E-state index contributed by atoms with van der Waals surface area (Å²) in [5.41, 5.74) is 2.28. The monoisotopic (exact) mass is 418 g/mol. The van der Waals surface area contributed by atoms with Gasteiger partial charge in [0.1, 0.15) is 17.5 Å². The number of anilines is 3. The molecule has 0 radical (unpaired) electrons. The molecule has 0 fully saturated rings. The molecule has 0 spiro atoms. The predicted molar refractivity (Wildman–Crippen MR) is 119 cm³/mol. The van der Waals surface area contributed by atoms with E-state index < -0.39 is 0 Å². The Morgan fingerprint density at radius 2 is 1.82 bits per heavy atom. The van der Waals surface area contributed by atoms with Crippen LogP contribution in [-0.2, 0) is 0 Å². The van der Waals surface area contributed by atoms with Gasteiger partial charge in [0, 0.05) is 35.6 Å². The lowest BCUT2D eigenvalue weighted by Gasteiger charge is -2.38. The molecule has 0 saturated carbocycles. The molecule has 1 aromatic carbocycles. The third kappa shape index (κ3) is 3.46. The third-order valence-corrected chi connectivity index (χ3v) is 6.50. The van der Waals surface area contributed by atoms with Crippen molar-refractivity contribution in [2.45, 2.75) is 64.8 Å². The van der Waals surface area contributed by atoms with Gasteiger partial charge in [-0.3, -0.25) is 0 Å². The van der Waals surface area contributed by atoms with Crippen LogP contribution >= 0.6 is 23.2 Å². The van der Waals surface area contributed by atoms with Crippen molar-refractivity contribution in [3.63, 3.8) is 0 Å². The number of halogens is 2. The highest BCUT2D eigenvalue weighted by Gasteiger charge is 2.40. The Hall–Kier alpha value is -1.52. The number of rotatable bonds is 6. The zero-order valence-corrected chi connectivity index (χ0v) is 18.4. The van der Waals surface area contributed by atoms with Gasteiger partial charge in [-0.25, -0.2) is 9.97 Å². The van der Waals surface area contributed by atoms with E-state index in [0.29, 0.717) is 22.0 Å². The minimum absolute atomic E-state index is 0.456. The Bertz CT molecular complexity index is 864. The van der Waals surface area contributed by atoms with Gasteiger partial charge in [-0.15, -0.1) is 0 Å². The van der Waals surface area contributed by atoms with Crippen LogP contribution in [0.3, 0.4) is 0 Å². The van der Waals surface area contributed by atoms with Crippen LogP contribution in [0.4, 0.5) is 17.3 Å². The maximum absolute atomic E-state index is 6.54. The van der Waals surface area contributed by atoms with Crippen molar-refractivity contribution in [2.24, 2.45) is 0 Å².